The third-order valence-corrected chi connectivity index (χ3v) is 5.60. The highest BCUT2D eigenvalue weighted by atomic mass is 35.5. The molecular weight excluding hydrogens is 321 g/mol. The van der Waals surface area contributed by atoms with E-state index in [1.165, 1.54) is 20.9 Å². The molecule has 1 nitrogen and oxygen atoms in total. The normalized spacial score (nSPS) is 12.6. The van der Waals surface area contributed by atoms with Crippen molar-refractivity contribution in [3.05, 3.63) is 55.2 Å². The fraction of sp³-hybridized carbons (Fsp3) is 0.412. The Morgan fingerprint density at radius 3 is 2.48 bits per heavy atom. The van der Waals surface area contributed by atoms with Crippen LogP contribution in [0.15, 0.2) is 24.3 Å². The molecule has 2 aromatic rings. The quantitative estimate of drug-likeness (QED) is 0.683. The molecule has 114 valence electrons. The van der Waals surface area contributed by atoms with Gasteiger partial charge in [-0.1, -0.05) is 36.2 Å². The minimum Gasteiger partial charge on any atom is -0.309 e. The van der Waals surface area contributed by atoms with E-state index in [0.717, 1.165) is 19.4 Å². The molecule has 0 aliphatic carbocycles. The third-order valence-electron chi connectivity index (χ3n) is 3.59. The van der Waals surface area contributed by atoms with Gasteiger partial charge in [-0.15, -0.1) is 11.3 Å². The number of aryl methyl sites for hydroxylation is 2. The Kier molecular flexibility index (Phi) is 6.12. The van der Waals surface area contributed by atoms with Crippen LogP contribution in [-0.2, 0) is 6.42 Å². The summed E-state index contributed by atoms with van der Waals surface area (Å²) < 4.78 is 0. The fourth-order valence-corrected chi connectivity index (χ4v) is 3.71. The van der Waals surface area contributed by atoms with E-state index >= 15 is 0 Å². The molecule has 0 bridgehead atoms. The Balaban J connectivity index is 2.21. The van der Waals surface area contributed by atoms with Gasteiger partial charge >= 0.3 is 0 Å². The number of thiophene rings is 1. The van der Waals surface area contributed by atoms with Crippen molar-refractivity contribution in [2.75, 3.05) is 6.54 Å². The van der Waals surface area contributed by atoms with Crippen LogP contribution in [0.1, 0.15) is 40.3 Å². The van der Waals surface area contributed by atoms with Crippen molar-refractivity contribution in [2.45, 2.75) is 39.7 Å². The highest BCUT2D eigenvalue weighted by Gasteiger charge is 2.15. The lowest BCUT2D eigenvalue weighted by Gasteiger charge is -2.17. The van der Waals surface area contributed by atoms with Crippen LogP contribution in [0, 0.1) is 13.8 Å². The van der Waals surface area contributed by atoms with Crippen LogP contribution in [-0.4, -0.2) is 6.54 Å². The molecule has 1 aromatic carbocycles. The molecule has 0 amide bonds. The molecule has 1 unspecified atom stereocenters. The van der Waals surface area contributed by atoms with Crippen molar-refractivity contribution < 1.29 is 0 Å². The second-order valence-corrected chi connectivity index (χ2v) is 7.45. The summed E-state index contributed by atoms with van der Waals surface area (Å²) in [6.07, 6.45) is 2.05. The third kappa shape index (κ3) is 4.46. The molecule has 1 N–H and O–H groups in total. The Morgan fingerprint density at radius 1 is 1.14 bits per heavy atom. The van der Waals surface area contributed by atoms with Crippen molar-refractivity contribution in [3.63, 3.8) is 0 Å². The second-order valence-electron chi connectivity index (χ2n) is 5.35. The summed E-state index contributed by atoms with van der Waals surface area (Å²) in [6, 6.07) is 8.53. The Bertz CT molecular complexity index is 587. The van der Waals surface area contributed by atoms with Gasteiger partial charge in [-0.2, -0.15) is 0 Å². The molecule has 2 rings (SSSR count). The molecule has 1 aromatic heterocycles. The molecule has 0 radical (unpaired) electrons. The van der Waals surface area contributed by atoms with Crippen molar-refractivity contribution >= 4 is 34.5 Å². The summed E-state index contributed by atoms with van der Waals surface area (Å²) in [5, 5.41) is 4.88. The van der Waals surface area contributed by atoms with Crippen LogP contribution < -0.4 is 5.32 Å². The monoisotopic (exact) mass is 341 g/mol. The zero-order chi connectivity index (χ0) is 15.4. The maximum Gasteiger partial charge on any atom is 0.0595 e. The first kappa shape index (κ1) is 16.8. The minimum atomic E-state index is 0.333. The van der Waals surface area contributed by atoms with Crippen LogP contribution in [0.3, 0.4) is 0 Å². The van der Waals surface area contributed by atoms with Crippen molar-refractivity contribution in [3.8, 4) is 0 Å². The Morgan fingerprint density at radius 2 is 1.90 bits per heavy atom. The van der Waals surface area contributed by atoms with Gasteiger partial charge in [-0.25, -0.2) is 0 Å². The van der Waals surface area contributed by atoms with Gasteiger partial charge in [0.2, 0.25) is 0 Å². The largest absolute Gasteiger partial charge is 0.309 e. The van der Waals surface area contributed by atoms with Gasteiger partial charge in [0.15, 0.2) is 0 Å². The van der Waals surface area contributed by atoms with Crippen molar-refractivity contribution in [1.29, 1.82) is 0 Å². The maximum absolute atomic E-state index is 6.13. The van der Waals surface area contributed by atoms with Crippen LogP contribution in [0.25, 0.3) is 0 Å². The number of hydrogen-bond donors (Lipinski definition) is 1. The molecule has 1 atom stereocenters. The SMILES string of the molecule is CCCNC(Cc1ccc(Cl)c(Cl)c1)c1cc(C)c(C)s1. The van der Waals surface area contributed by atoms with Gasteiger partial charge in [0.25, 0.3) is 0 Å². The number of halogens is 2. The predicted octanol–water partition coefficient (Wildman–Crippen LogP) is 5.96. The van der Waals surface area contributed by atoms with Gasteiger partial charge in [0.1, 0.15) is 0 Å². The summed E-state index contributed by atoms with van der Waals surface area (Å²) in [7, 11) is 0. The average molecular weight is 342 g/mol. The summed E-state index contributed by atoms with van der Waals surface area (Å²) in [5.74, 6) is 0. The molecule has 0 aliphatic heterocycles. The molecule has 0 spiro atoms. The van der Waals surface area contributed by atoms with Gasteiger partial charge in [-0.05, 0) is 62.6 Å². The number of nitrogens with one attached hydrogen (secondary N) is 1. The molecule has 0 aliphatic rings. The molecular formula is C17H21Cl2NS. The van der Waals surface area contributed by atoms with E-state index in [1.807, 2.05) is 23.5 Å². The van der Waals surface area contributed by atoms with E-state index < -0.39 is 0 Å². The zero-order valence-corrected chi connectivity index (χ0v) is 15.0. The van der Waals surface area contributed by atoms with Gasteiger partial charge < -0.3 is 5.32 Å². The van der Waals surface area contributed by atoms with Crippen molar-refractivity contribution in [2.24, 2.45) is 0 Å². The lowest BCUT2D eigenvalue weighted by molar-refractivity contribution is 0.536. The van der Waals surface area contributed by atoms with Crippen LogP contribution in [0.4, 0.5) is 0 Å². The summed E-state index contributed by atoms with van der Waals surface area (Å²) >= 11 is 14.0. The fourth-order valence-electron chi connectivity index (χ4n) is 2.27. The highest BCUT2D eigenvalue weighted by molar-refractivity contribution is 7.12. The maximum atomic E-state index is 6.13. The van der Waals surface area contributed by atoms with Gasteiger partial charge in [0.05, 0.1) is 10.0 Å². The van der Waals surface area contributed by atoms with Crippen LogP contribution >= 0.6 is 34.5 Å². The lowest BCUT2D eigenvalue weighted by atomic mass is 10.0. The number of rotatable bonds is 6. The van der Waals surface area contributed by atoms with E-state index in [-0.39, 0.29) is 0 Å². The summed E-state index contributed by atoms with van der Waals surface area (Å²) in [5.41, 5.74) is 2.58. The number of benzene rings is 1. The zero-order valence-electron chi connectivity index (χ0n) is 12.7. The first-order valence-corrected chi connectivity index (χ1v) is 8.82. The second kappa shape index (κ2) is 7.64. The molecule has 4 heteroatoms. The first-order chi connectivity index (χ1) is 10.0. The van der Waals surface area contributed by atoms with Crippen LogP contribution in [0.2, 0.25) is 10.0 Å². The molecule has 0 saturated carbocycles. The average Bonchev–Trinajstić information content (AvgIpc) is 2.78. The van der Waals surface area contributed by atoms with E-state index in [1.54, 1.807) is 0 Å². The minimum absolute atomic E-state index is 0.333. The Hall–Kier alpha value is -0.540. The molecule has 0 saturated heterocycles. The van der Waals surface area contributed by atoms with Gasteiger partial charge in [0, 0.05) is 15.8 Å². The van der Waals surface area contributed by atoms with E-state index in [0.29, 0.717) is 16.1 Å². The summed E-state index contributed by atoms with van der Waals surface area (Å²) in [6.45, 7) is 7.56. The number of hydrogen-bond acceptors (Lipinski definition) is 2. The van der Waals surface area contributed by atoms with Crippen molar-refractivity contribution in [1.82, 2.24) is 5.32 Å². The molecule has 21 heavy (non-hydrogen) atoms. The summed E-state index contributed by atoms with van der Waals surface area (Å²) in [4.78, 5) is 2.78. The van der Waals surface area contributed by atoms with E-state index in [2.05, 4.69) is 38.2 Å². The molecule has 1 heterocycles. The first-order valence-electron chi connectivity index (χ1n) is 7.25. The lowest BCUT2D eigenvalue weighted by Crippen LogP contribution is -2.23. The predicted molar refractivity (Wildman–Crippen MR) is 95.0 cm³/mol. The molecule has 0 fully saturated rings. The van der Waals surface area contributed by atoms with Crippen LogP contribution in [0.5, 0.6) is 0 Å². The topological polar surface area (TPSA) is 12.0 Å². The van der Waals surface area contributed by atoms with Gasteiger partial charge in [-0.3, -0.25) is 0 Å². The smallest absolute Gasteiger partial charge is 0.0595 e. The standard InChI is InChI=1S/C17H21Cl2NS/c1-4-7-20-16(17-8-11(2)12(3)21-17)10-13-5-6-14(18)15(19)9-13/h5-6,8-9,16,20H,4,7,10H2,1-3H3. The van der Waals surface area contributed by atoms with E-state index in [4.69, 9.17) is 23.2 Å². The Labute approximate surface area is 141 Å². The van der Waals surface area contributed by atoms with E-state index in [9.17, 15) is 0 Å². The highest BCUT2D eigenvalue weighted by Crippen LogP contribution is 2.30.